The molecule has 104 valence electrons. The lowest BCUT2D eigenvalue weighted by Crippen LogP contribution is -2.49. The summed E-state index contributed by atoms with van der Waals surface area (Å²) >= 11 is 0. The maximum atomic E-state index is 6.02. The zero-order valence-corrected chi connectivity index (χ0v) is 11.7. The van der Waals surface area contributed by atoms with Crippen molar-refractivity contribution in [1.82, 2.24) is 9.80 Å². The van der Waals surface area contributed by atoms with E-state index in [4.69, 9.17) is 5.73 Å². The minimum Gasteiger partial charge on any atom is -0.328 e. The first kappa shape index (κ1) is 13.1. The van der Waals surface area contributed by atoms with Crippen LogP contribution in [-0.2, 0) is 6.54 Å². The number of rotatable bonds is 3. The second-order valence-corrected chi connectivity index (χ2v) is 6.02. The Hall–Kier alpha value is -0.900. The Labute approximate surface area is 116 Å². The summed E-state index contributed by atoms with van der Waals surface area (Å²) in [5, 5.41) is 0. The third kappa shape index (κ3) is 3.35. The van der Waals surface area contributed by atoms with E-state index in [0.717, 1.165) is 12.6 Å². The van der Waals surface area contributed by atoms with E-state index in [2.05, 4.69) is 40.1 Å². The molecule has 1 aromatic rings. The lowest BCUT2D eigenvalue weighted by atomic mass is 10.1. The normalized spacial score (nSPS) is 29.7. The van der Waals surface area contributed by atoms with Gasteiger partial charge in [0.25, 0.3) is 0 Å². The molecule has 0 bridgehead atoms. The first-order valence-corrected chi connectivity index (χ1v) is 7.57. The van der Waals surface area contributed by atoms with E-state index in [0.29, 0.717) is 6.04 Å². The van der Waals surface area contributed by atoms with Gasteiger partial charge in [-0.2, -0.15) is 0 Å². The molecule has 3 nitrogen and oxygen atoms in total. The largest absolute Gasteiger partial charge is 0.328 e. The van der Waals surface area contributed by atoms with Gasteiger partial charge in [-0.3, -0.25) is 9.80 Å². The second kappa shape index (κ2) is 6.04. The second-order valence-electron chi connectivity index (χ2n) is 6.02. The summed E-state index contributed by atoms with van der Waals surface area (Å²) in [4.78, 5) is 5.23. The Balaban J connectivity index is 1.47. The fourth-order valence-electron chi connectivity index (χ4n) is 3.45. The Bertz CT molecular complexity index is 384. The van der Waals surface area contributed by atoms with Crippen LogP contribution in [0.2, 0.25) is 0 Å². The number of nitrogens with zero attached hydrogens (tertiary/aromatic N) is 2. The summed E-state index contributed by atoms with van der Waals surface area (Å²) < 4.78 is 0. The average Bonchev–Trinajstić information content (AvgIpc) is 2.87. The zero-order chi connectivity index (χ0) is 13.1. The van der Waals surface area contributed by atoms with E-state index < -0.39 is 0 Å². The quantitative estimate of drug-likeness (QED) is 0.896. The fraction of sp³-hybridized carbons (Fsp3) is 0.625. The highest BCUT2D eigenvalue weighted by Crippen LogP contribution is 2.24. The van der Waals surface area contributed by atoms with Gasteiger partial charge in [0, 0.05) is 44.8 Å². The molecular formula is C16H25N3. The molecule has 0 unspecified atom stereocenters. The van der Waals surface area contributed by atoms with E-state index in [1.54, 1.807) is 0 Å². The average molecular weight is 259 g/mol. The maximum Gasteiger partial charge on any atom is 0.0234 e. The number of nitrogens with two attached hydrogens (primary N) is 1. The first-order chi connectivity index (χ1) is 9.31. The van der Waals surface area contributed by atoms with Gasteiger partial charge in [0.2, 0.25) is 0 Å². The molecule has 2 fully saturated rings. The van der Waals surface area contributed by atoms with Gasteiger partial charge in [0.1, 0.15) is 0 Å². The maximum absolute atomic E-state index is 6.02. The summed E-state index contributed by atoms with van der Waals surface area (Å²) in [6.07, 6.45) is 3.73. The minimum atomic E-state index is 0.451. The van der Waals surface area contributed by atoms with Gasteiger partial charge in [-0.15, -0.1) is 0 Å². The highest BCUT2D eigenvalue weighted by atomic mass is 15.3. The smallest absolute Gasteiger partial charge is 0.0234 e. The Kier molecular flexibility index (Phi) is 4.16. The predicted octanol–water partition coefficient (Wildman–Crippen LogP) is 1.68. The lowest BCUT2D eigenvalue weighted by Gasteiger charge is -2.38. The highest BCUT2D eigenvalue weighted by molar-refractivity contribution is 5.14. The molecule has 1 heterocycles. The molecular weight excluding hydrogens is 234 g/mol. The highest BCUT2D eigenvalue weighted by Gasteiger charge is 2.29. The van der Waals surface area contributed by atoms with Gasteiger partial charge in [-0.1, -0.05) is 30.3 Å². The fourth-order valence-corrected chi connectivity index (χ4v) is 3.45. The van der Waals surface area contributed by atoms with Crippen molar-refractivity contribution in [3.8, 4) is 0 Å². The Morgan fingerprint density at radius 2 is 1.74 bits per heavy atom. The van der Waals surface area contributed by atoms with Crippen molar-refractivity contribution in [2.45, 2.75) is 37.9 Å². The van der Waals surface area contributed by atoms with E-state index >= 15 is 0 Å². The topological polar surface area (TPSA) is 32.5 Å². The summed E-state index contributed by atoms with van der Waals surface area (Å²) in [5.74, 6) is 0. The molecule has 2 atom stereocenters. The van der Waals surface area contributed by atoms with Crippen molar-refractivity contribution >= 4 is 0 Å². The van der Waals surface area contributed by atoms with Gasteiger partial charge < -0.3 is 5.73 Å². The van der Waals surface area contributed by atoms with Crippen LogP contribution in [-0.4, -0.2) is 48.1 Å². The van der Waals surface area contributed by atoms with Gasteiger partial charge in [0.15, 0.2) is 0 Å². The van der Waals surface area contributed by atoms with E-state index in [9.17, 15) is 0 Å². The third-order valence-electron chi connectivity index (χ3n) is 4.62. The molecule has 3 heteroatoms. The van der Waals surface area contributed by atoms with Gasteiger partial charge in [-0.25, -0.2) is 0 Å². The van der Waals surface area contributed by atoms with E-state index in [1.165, 1.54) is 51.0 Å². The molecule has 0 radical (unpaired) electrons. The van der Waals surface area contributed by atoms with Crippen LogP contribution in [0.5, 0.6) is 0 Å². The van der Waals surface area contributed by atoms with Crippen molar-refractivity contribution in [2.75, 3.05) is 26.2 Å². The molecule has 1 aromatic carbocycles. The zero-order valence-electron chi connectivity index (χ0n) is 11.7. The molecule has 3 rings (SSSR count). The molecule has 19 heavy (non-hydrogen) atoms. The van der Waals surface area contributed by atoms with Crippen molar-refractivity contribution < 1.29 is 0 Å². The monoisotopic (exact) mass is 259 g/mol. The Morgan fingerprint density at radius 3 is 2.37 bits per heavy atom. The summed E-state index contributed by atoms with van der Waals surface area (Å²) in [6, 6.07) is 12.0. The molecule has 2 aliphatic rings. The minimum absolute atomic E-state index is 0.451. The van der Waals surface area contributed by atoms with Crippen molar-refractivity contribution in [1.29, 1.82) is 0 Å². The van der Waals surface area contributed by atoms with Crippen molar-refractivity contribution in [2.24, 2.45) is 5.73 Å². The molecule has 0 spiro atoms. The molecule has 0 aromatic heterocycles. The van der Waals surface area contributed by atoms with Crippen LogP contribution in [0.15, 0.2) is 30.3 Å². The number of hydrogen-bond acceptors (Lipinski definition) is 3. The molecule has 1 saturated heterocycles. The van der Waals surface area contributed by atoms with Gasteiger partial charge >= 0.3 is 0 Å². The van der Waals surface area contributed by atoms with Crippen LogP contribution >= 0.6 is 0 Å². The summed E-state index contributed by atoms with van der Waals surface area (Å²) in [7, 11) is 0. The van der Waals surface area contributed by atoms with Crippen LogP contribution in [0.3, 0.4) is 0 Å². The van der Waals surface area contributed by atoms with E-state index in [1.807, 2.05) is 0 Å². The molecule has 1 aliphatic heterocycles. The van der Waals surface area contributed by atoms with E-state index in [-0.39, 0.29) is 0 Å². The first-order valence-electron chi connectivity index (χ1n) is 7.57. The van der Waals surface area contributed by atoms with Crippen LogP contribution in [0.25, 0.3) is 0 Å². The predicted molar refractivity (Wildman–Crippen MR) is 78.9 cm³/mol. The van der Waals surface area contributed by atoms with Gasteiger partial charge in [-0.05, 0) is 24.8 Å². The molecule has 1 saturated carbocycles. The lowest BCUT2D eigenvalue weighted by molar-refractivity contribution is 0.0932. The number of benzene rings is 1. The SMILES string of the molecule is N[C@@H]1CC[C@H](N2CCN(Cc3ccccc3)CC2)C1. The van der Waals surface area contributed by atoms with Crippen LogP contribution in [0.1, 0.15) is 24.8 Å². The van der Waals surface area contributed by atoms with Crippen molar-refractivity contribution in [3.63, 3.8) is 0 Å². The third-order valence-corrected chi connectivity index (χ3v) is 4.62. The molecule has 2 N–H and O–H groups in total. The molecule has 1 aliphatic carbocycles. The van der Waals surface area contributed by atoms with Crippen LogP contribution < -0.4 is 5.73 Å². The number of hydrogen-bond donors (Lipinski definition) is 1. The number of piperazine rings is 1. The van der Waals surface area contributed by atoms with Gasteiger partial charge in [0.05, 0.1) is 0 Å². The Morgan fingerprint density at radius 1 is 1.00 bits per heavy atom. The van der Waals surface area contributed by atoms with Crippen molar-refractivity contribution in [3.05, 3.63) is 35.9 Å². The standard InChI is InChI=1S/C16H25N3/c17-15-6-7-16(12-15)19-10-8-18(9-11-19)13-14-4-2-1-3-5-14/h1-5,15-16H,6-13,17H2/t15-,16+/m1/s1. The summed E-state index contributed by atoms with van der Waals surface area (Å²) in [6.45, 7) is 5.91. The van der Waals surface area contributed by atoms with Crippen LogP contribution in [0, 0.1) is 0 Å². The van der Waals surface area contributed by atoms with Crippen LogP contribution in [0.4, 0.5) is 0 Å². The summed E-state index contributed by atoms with van der Waals surface area (Å²) in [5.41, 5.74) is 7.45. The molecule has 0 amide bonds.